The fraction of sp³-hybridized carbons (Fsp3) is 0.423. The van der Waals surface area contributed by atoms with Gasteiger partial charge in [0.05, 0.1) is 20.8 Å². The van der Waals surface area contributed by atoms with Crippen molar-refractivity contribution in [3.8, 4) is 11.5 Å². The Labute approximate surface area is 189 Å². The van der Waals surface area contributed by atoms with Gasteiger partial charge in [-0.05, 0) is 92.2 Å². The molecule has 2 aromatic carbocycles. The largest absolute Gasteiger partial charge is 0.497 e. The molecular weight excluding hydrogens is 402 g/mol. The zero-order valence-corrected chi connectivity index (χ0v) is 18.9. The Kier molecular flexibility index (Phi) is 5.79. The van der Waals surface area contributed by atoms with Crippen LogP contribution in [-0.4, -0.2) is 56.2 Å². The molecule has 0 radical (unpaired) electrons. The number of benzene rings is 2. The minimum atomic E-state index is 0.200. The fourth-order valence-corrected chi connectivity index (χ4v) is 5.22. The summed E-state index contributed by atoms with van der Waals surface area (Å²) < 4.78 is 10.8. The number of nitrogens with zero attached hydrogens (tertiary/aromatic N) is 2. The molecule has 0 spiro atoms. The monoisotopic (exact) mass is 433 g/mol. The molecule has 0 unspecified atom stereocenters. The Morgan fingerprint density at radius 1 is 1.03 bits per heavy atom. The van der Waals surface area contributed by atoms with Gasteiger partial charge in [-0.25, -0.2) is 0 Å². The molecule has 6 nitrogen and oxygen atoms in total. The van der Waals surface area contributed by atoms with Gasteiger partial charge in [-0.2, -0.15) is 0 Å². The summed E-state index contributed by atoms with van der Waals surface area (Å²) in [6, 6.07) is 12.2. The molecule has 3 heterocycles. The molecule has 0 bridgehead atoms. The van der Waals surface area contributed by atoms with E-state index in [4.69, 9.17) is 9.47 Å². The lowest BCUT2D eigenvalue weighted by Crippen LogP contribution is -2.45. The Morgan fingerprint density at radius 2 is 1.78 bits per heavy atom. The van der Waals surface area contributed by atoms with Crippen LogP contribution in [0.1, 0.15) is 36.3 Å². The lowest BCUT2D eigenvalue weighted by molar-refractivity contribution is -0.120. The van der Waals surface area contributed by atoms with Crippen LogP contribution in [0.2, 0.25) is 0 Å². The summed E-state index contributed by atoms with van der Waals surface area (Å²) in [6.07, 6.45) is 6.26. The maximum Gasteiger partial charge on any atom is 0.241 e. The molecule has 0 saturated carbocycles. The number of aryl methyl sites for hydroxylation is 1. The number of aromatic nitrogens is 1. The molecule has 3 aromatic rings. The Hall–Kier alpha value is -2.99. The van der Waals surface area contributed by atoms with E-state index in [0.29, 0.717) is 12.5 Å². The summed E-state index contributed by atoms with van der Waals surface area (Å²) in [4.78, 5) is 20.9. The smallest absolute Gasteiger partial charge is 0.241 e. The SMILES string of the molecule is COc1ccc2c(c1)CCCN2C(=O)CN1CCC(c2c[nH]c3ccc(OC)cc23)CC1. The van der Waals surface area contributed by atoms with Crippen LogP contribution in [0.15, 0.2) is 42.6 Å². The van der Waals surface area contributed by atoms with Gasteiger partial charge in [-0.3, -0.25) is 9.69 Å². The summed E-state index contributed by atoms with van der Waals surface area (Å²) in [6.45, 7) is 3.17. The quantitative estimate of drug-likeness (QED) is 0.650. The predicted octanol–water partition coefficient (Wildman–Crippen LogP) is 4.34. The lowest BCUT2D eigenvalue weighted by Gasteiger charge is -2.35. The number of carbonyl (C=O) groups is 1. The topological polar surface area (TPSA) is 57.8 Å². The van der Waals surface area contributed by atoms with Crippen LogP contribution in [-0.2, 0) is 11.2 Å². The van der Waals surface area contributed by atoms with Crippen LogP contribution in [0.5, 0.6) is 11.5 Å². The van der Waals surface area contributed by atoms with E-state index in [9.17, 15) is 4.79 Å². The second-order valence-electron chi connectivity index (χ2n) is 8.85. The first kappa shape index (κ1) is 20.9. The minimum Gasteiger partial charge on any atom is -0.497 e. The highest BCUT2D eigenvalue weighted by molar-refractivity contribution is 5.96. The summed E-state index contributed by atoms with van der Waals surface area (Å²) in [5.41, 5.74) is 4.77. The zero-order chi connectivity index (χ0) is 22.1. The number of ether oxygens (including phenoxy) is 2. The third kappa shape index (κ3) is 3.95. The van der Waals surface area contributed by atoms with E-state index in [1.54, 1.807) is 14.2 Å². The number of anilines is 1. The van der Waals surface area contributed by atoms with Gasteiger partial charge in [-0.1, -0.05) is 0 Å². The van der Waals surface area contributed by atoms with Gasteiger partial charge < -0.3 is 19.4 Å². The Balaban J connectivity index is 1.23. The van der Waals surface area contributed by atoms with Crippen LogP contribution in [0, 0.1) is 0 Å². The number of hydrogen-bond donors (Lipinski definition) is 1. The second kappa shape index (κ2) is 8.87. The van der Waals surface area contributed by atoms with Gasteiger partial charge in [0.1, 0.15) is 11.5 Å². The average molecular weight is 434 g/mol. The number of H-pyrrole nitrogens is 1. The van der Waals surface area contributed by atoms with Crippen molar-refractivity contribution >= 4 is 22.5 Å². The number of amides is 1. The number of piperidine rings is 1. The maximum atomic E-state index is 13.2. The van der Waals surface area contributed by atoms with Crippen molar-refractivity contribution in [2.75, 3.05) is 45.3 Å². The van der Waals surface area contributed by atoms with Crippen molar-refractivity contribution in [1.29, 1.82) is 0 Å². The first-order chi connectivity index (χ1) is 15.7. The van der Waals surface area contributed by atoms with Crippen molar-refractivity contribution in [2.45, 2.75) is 31.6 Å². The summed E-state index contributed by atoms with van der Waals surface area (Å²) >= 11 is 0. The number of nitrogens with one attached hydrogen (secondary N) is 1. The van der Waals surface area contributed by atoms with Crippen molar-refractivity contribution in [3.63, 3.8) is 0 Å². The number of carbonyl (C=O) groups excluding carboxylic acids is 1. The van der Waals surface area contributed by atoms with Crippen LogP contribution >= 0.6 is 0 Å². The molecule has 1 fully saturated rings. The van der Waals surface area contributed by atoms with E-state index < -0.39 is 0 Å². The van der Waals surface area contributed by atoms with E-state index in [1.165, 1.54) is 16.5 Å². The molecule has 0 aliphatic carbocycles. The predicted molar refractivity (Wildman–Crippen MR) is 127 cm³/mol. The molecule has 2 aliphatic rings. The molecule has 2 aliphatic heterocycles. The van der Waals surface area contributed by atoms with Gasteiger partial charge in [0.25, 0.3) is 0 Å². The average Bonchev–Trinajstić information content (AvgIpc) is 3.26. The third-order valence-corrected chi connectivity index (χ3v) is 7.01. The highest BCUT2D eigenvalue weighted by Crippen LogP contribution is 2.35. The zero-order valence-electron chi connectivity index (χ0n) is 18.9. The summed E-state index contributed by atoms with van der Waals surface area (Å²) in [5.74, 6) is 2.45. The standard InChI is InChI=1S/C26H31N3O3/c1-31-20-6-8-25-19(14-20)4-3-11-29(25)26(30)17-28-12-9-18(10-13-28)23-16-27-24-7-5-21(32-2)15-22(23)24/h5-8,14-16,18,27H,3-4,9-13,17H2,1-2H3. The van der Waals surface area contributed by atoms with Crippen LogP contribution in [0.25, 0.3) is 10.9 Å². The van der Waals surface area contributed by atoms with Gasteiger partial charge in [0.2, 0.25) is 5.91 Å². The van der Waals surface area contributed by atoms with E-state index >= 15 is 0 Å². The number of fused-ring (bicyclic) bond motifs is 2. The van der Waals surface area contributed by atoms with E-state index in [1.807, 2.05) is 23.1 Å². The molecule has 0 atom stereocenters. The minimum absolute atomic E-state index is 0.200. The van der Waals surface area contributed by atoms with E-state index in [-0.39, 0.29) is 5.91 Å². The van der Waals surface area contributed by atoms with E-state index in [0.717, 1.165) is 68.0 Å². The van der Waals surface area contributed by atoms with Crippen molar-refractivity contribution < 1.29 is 14.3 Å². The second-order valence-corrected chi connectivity index (χ2v) is 8.85. The number of likely N-dealkylation sites (tertiary alicyclic amines) is 1. The maximum absolute atomic E-state index is 13.2. The number of methoxy groups -OCH3 is 2. The molecule has 32 heavy (non-hydrogen) atoms. The Morgan fingerprint density at radius 3 is 2.56 bits per heavy atom. The van der Waals surface area contributed by atoms with Gasteiger partial charge in [-0.15, -0.1) is 0 Å². The fourth-order valence-electron chi connectivity index (χ4n) is 5.22. The van der Waals surface area contributed by atoms with Gasteiger partial charge in [0, 0.05) is 29.3 Å². The Bertz CT molecular complexity index is 1110. The van der Waals surface area contributed by atoms with Gasteiger partial charge in [0.15, 0.2) is 0 Å². The van der Waals surface area contributed by atoms with E-state index in [2.05, 4.69) is 34.3 Å². The summed E-state index contributed by atoms with van der Waals surface area (Å²) in [5, 5.41) is 1.25. The third-order valence-electron chi connectivity index (χ3n) is 7.01. The van der Waals surface area contributed by atoms with Crippen LogP contribution in [0.4, 0.5) is 5.69 Å². The highest BCUT2D eigenvalue weighted by Gasteiger charge is 2.28. The molecule has 1 amide bonds. The van der Waals surface area contributed by atoms with Crippen molar-refractivity contribution in [3.05, 3.63) is 53.7 Å². The van der Waals surface area contributed by atoms with Gasteiger partial charge >= 0.3 is 0 Å². The first-order valence-electron chi connectivity index (χ1n) is 11.5. The molecule has 1 saturated heterocycles. The molecular formula is C26H31N3O3. The molecule has 1 N–H and O–H groups in total. The van der Waals surface area contributed by atoms with Crippen molar-refractivity contribution in [2.24, 2.45) is 0 Å². The molecule has 6 heteroatoms. The van der Waals surface area contributed by atoms with Crippen molar-refractivity contribution in [1.82, 2.24) is 9.88 Å². The van der Waals surface area contributed by atoms with Crippen LogP contribution < -0.4 is 14.4 Å². The lowest BCUT2D eigenvalue weighted by atomic mass is 9.89. The molecule has 5 rings (SSSR count). The first-order valence-corrected chi connectivity index (χ1v) is 11.5. The molecule has 1 aromatic heterocycles. The van der Waals surface area contributed by atoms with Crippen LogP contribution in [0.3, 0.4) is 0 Å². The highest BCUT2D eigenvalue weighted by atomic mass is 16.5. The number of hydrogen-bond acceptors (Lipinski definition) is 4. The molecule has 168 valence electrons. The number of rotatable bonds is 5. The normalized spacial score (nSPS) is 17.4. The number of aromatic amines is 1. The summed E-state index contributed by atoms with van der Waals surface area (Å²) in [7, 11) is 3.39.